The Labute approximate surface area is 99.9 Å². The number of hydrogen-bond acceptors (Lipinski definition) is 1. The Bertz CT molecular complexity index is 318. The molecule has 1 rings (SSSR count). The Morgan fingerprint density at radius 3 is 2.75 bits per heavy atom. The highest BCUT2D eigenvalue weighted by Gasteiger charge is 2.30. The van der Waals surface area contributed by atoms with Gasteiger partial charge in [-0.1, -0.05) is 37.6 Å². The van der Waals surface area contributed by atoms with Crippen LogP contribution >= 0.6 is 0 Å². The molecule has 0 heterocycles. The molecule has 0 spiro atoms. The Hall–Kier alpha value is -0.980. The Morgan fingerprint density at radius 1 is 1.50 bits per heavy atom. The van der Waals surface area contributed by atoms with Crippen molar-refractivity contribution in [3.63, 3.8) is 0 Å². The van der Waals surface area contributed by atoms with Gasteiger partial charge < -0.3 is 4.74 Å². The Balaban J connectivity index is 2.81. The molecule has 1 aliphatic carbocycles. The molecule has 1 aliphatic rings. The predicted molar refractivity (Wildman–Crippen MR) is 70.2 cm³/mol. The van der Waals surface area contributed by atoms with Gasteiger partial charge in [0.2, 0.25) is 0 Å². The third-order valence-electron chi connectivity index (χ3n) is 3.44. The van der Waals surface area contributed by atoms with E-state index in [-0.39, 0.29) is 0 Å². The van der Waals surface area contributed by atoms with Gasteiger partial charge in [0, 0.05) is 5.92 Å². The molecule has 1 heteroatoms. The van der Waals surface area contributed by atoms with Crippen LogP contribution in [-0.4, -0.2) is 7.11 Å². The first-order valence-corrected chi connectivity index (χ1v) is 6.02. The Kier molecular flexibility index (Phi) is 4.40. The van der Waals surface area contributed by atoms with Crippen molar-refractivity contribution in [3.05, 3.63) is 35.6 Å². The molecule has 0 radical (unpaired) electrons. The fourth-order valence-corrected chi connectivity index (χ4v) is 2.46. The summed E-state index contributed by atoms with van der Waals surface area (Å²) >= 11 is 0. The van der Waals surface area contributed by atoms with Gasteiger partial charge in [0.05, 0.1) is 13.4 Å². The number of methoxy groups -OCH3 is 1. The van der Waals surface area contributed by atoms with Crippen LogP contribution in [0.25, 0.3) is 0 Å². The second kappa shape index (κ2) is 5.38. The lowest BCUT2D eigenvalue weighted by molar-refractivity contribution is 0.255. The molecule has 90 valence electrons. The van der Waals surface area contributed by atoms with Crippen LogP contribution in [0.4, 0.5) is 0 Å². The van der Waals surface area contributed by atoms with Crippen molar-refractivity contribution in [2.75, 3.05) is 7.11 Å². The van der Waals surface area contributed by atoms with Crippen LogP contribution in [-0.2, 0) is 4.74 Å². The van der Waals surface area contributed by atoms with E-state index in [9.17, 15) is 0 Å². The summed E-state index contributed by atoms with van der Waals surface area (Å²) in [6.45, 7) is 9.02. The lowest BCUT2D eigenvalue weighted by Crippen LogP contribution is -2.26. The van der Waals surface area contributed by atoms with Gasteiger partial charge in [-0.05, 0) is 37.7 Å². The van der Waals surface area contributed by atoms with Crippen molar-refractivity contribution in [2.24, 2.45) is 11.3 Å². The topological polar surface area (TPSA) is 9.23 Å². The van der Waals surface area contributed by atoms with Crippen LogP contribution < -0.4 is 0 Å². The van der Waals surface area contributed by atoms with Crippen molar-refractivity contribution in [1.82, 2.24) is 0 Å². The average molecular weight is 220 g/mol. The monoisotopic (exact) mass is 220 g/mol. The molecule has 0 bridgehead atoms. The van der Waals surface area contributed by atoms with Gasteiger partial charge >= 0.3 is 0 Å². The van der Waals surface area contributed by atoms with E-state index in [1.54, 1.807) is 13.4 Å². The molecular weight excluding hydrogens is 196 g/mol. The molecule has 0 N–H and O–H groups in total. The third kappa shape index (κ3) is 3.26. The molecule has 1 nitrogen and oxygen atoms in total. The van der Waals surface area contributed by atoms with Crippen LogP contribution in [0.1, 0.15) is 40.5 Å². The summed E-state index contributed by atoms with van der Waals surface area (Å²) < 4.78 is 4.99. The van der Waals surface area contributed by atoms with Gasteiger partial charge in [0.1, 0.15) is 0 Å². The van der Waals surface area contributed by atoms with Gasteiger partial charge in [-0.2, -0.15) is 0 Å². The zero-order valence-electron chi connectivity index (χ0n) is 11.2. The van der Waals surface area contributed by atoms with E-state index in [1.165, 1.54) is 18.4 Å². The second-order valence-electron chi connectivity index (χ2n) is 5.41. The van der Waals surface area contributed by atoms with E-state index < -0.39 is 0 Å². The molecule has 16 heavy (non-hydrogen) atoms. The molecule has 0 aromatic rings. The minimum atomic E-state index is 0.378. The molecule has 0 fully saturated rings. The summed E-state index contributed by atoms with van der Waals surface area (Å²) in [6.07, 6.45) is 11.1. The molecule has 0 aromatic carbocycles. The van der Waals surface area contributed by atoms with Crippen LogP contribution in [0.3, 0.4) is 0 Å². The van der Waals surface area contributed by atoms with Crippen molar-refractivity contribution in [1.29, 1.82) is 0 Å². The number of rotatable bonds is 3. The SMILES string of the molecule is CO/C=C(C)/C=C/C1C(C)=CCCC1(C)C. The molecule has 1 atom stereocenters. The summed E-state index contributed by atoms with van der Waals surface area (Å²) in [5, 5.41) is 0. The van der Waals surface area contributed by atoms with Crippen molar-refractivity contribution < 1.29 is 4.74 Å². The highest BCUT2D eigenvalue weighted by molar-refractivity contribution is 5.23. The van der Waals surface area contributed by atoms with E-state index in [0.29, 0.717) is 11.3 Å². The normalized spacial score (nSPS) is 25.7. The van der Waals surface area contributed by atoms with Crippen LogP contribution in [0.15, 0.2) is 35.6 Å². The summed E-state index contributed by atoms with van der Waals surface area (Å²) in [5.41, 5.74) is 3.04. The molecule has 0 aromatic heterocycles. The first kappa shape index (κ1) is 13.1. The smallest absolute Gasteiger partial charge is 0.0853 e. The van der Waals surface area contributed by atoms with Gasteiger partial charge in [-0.15, -0.1) is 0 Å². The zero-order valence-corrected chi connectivity index (χ0v) is 11.2. The van der Waals surface area contributed by atoms with Gasteiger partial charge in [-0.25, -0.2) is 0 Å². The molecular formula is C15H24O. The number of allylic oxidation sites excluding steroid dienone is 5. The molecule has 1 unspecified atom stereocenters. The van der Waals surface area contributed by atoms with E-state index in [1.807, 2.05) is 0 Å². The predicted octanol–water partition coefficient (Wildman–Crippen LogP) is 4.48. The third-order valence-corrected chi connectivity index (χ3v) is 3.44. The van der Waals surface area contributed by atoms with Crippen LogP contribution in [0, 0.1) is 11.3 Å². The first-order chi connectivity index (χ1) is 7.47. The van der Waals surface area contributed by atoms with Gasteiger partial charge in [0.25, 0.3) is 0 Å². The van der Waals surface area contributed by atoms with Crippen LogP contribution in [0.5, 0.6) is 0 Å². The summed E-state index contributed by atoms with van der Waals surface area (Å²) in [4.78, 5) is 0. The minimum absolute atomic E-state index is 0.378. The van der Waals surface area contributed by atoms with Crippen LogP contribution in [0.2, 0.25) is 0 Å². The van der Waals surface area contributed by atoms with Crippen molar-refractivity contribution in [2.45, 2.75) is 40.5 Å². The van der Waals surface area contributed by atoms with Crippen molar-refractivity contribution in [3.8, 4) is 0 Å². The minimum Gasteiger partial charge on any atom is -0.504 e. The highest BCUT2D eigenvalue weighted by atomic mass is 16.5. The molecule has 0 saturated heterocycles. The number of ether oxygens (including phenoxy) is 1. The first-order valence-electron chi connectivity index (χ1n) is 6.02. The number of hydrogen-bond donors (Lipinski definition) is 0. The second-order valence-corrected chi connectivity index (χ2v) is 5.41. The van der Waals surface area contributed by atoms with Crippen molar-refractivity contribution >= 4 is 0 Å². The molecule has 0 aliphatic heterocycles. The standard InChI is InChI=1S/C15H24O/c1-12(11-16-5)8-9-14-13(2)7-6-10-15(14,3)4/h7-9,11,14H,6,10H2,1-5H3/b9-8+,12-11+. The fraction of sp³-hybridized carbons (Fsp3) is 0.600. The molecule has 0 saturated carbocycles. The molecule has 0 amide bonds. The summed E-state index contributed by atoms with van der Waals surface area (Å²) in [6, 6.07) is 0. The van der Waals surface area contributed by atoms with E-state index in [0.717, 1.165) is 5.57 Å². The fourth-order valence-electron chi connectivity index (χ4n) is 2.46. The zero-order chi connectivity index (χ0) is 12.2. The largest absolute Gasteiger partial charge is 0.504 e. The van der Waals surface area contributed by atoms with Gasteiger partial charge in [0.15, 0.2) is 0 Å². The lowest BCUT2D eigenvalue weighted by atomic mass is 9.68. The average Bonchev–Trinajstić information content (AvgIpc) is 2.16. The quantitative estimate of drug-likeness (QED) is 0.387. The maximum Gasteiger partial charge on any atom is 0.0853 e. The maximum absolute atomic E-state index is 4.99. The van der Waals surface area contributed by atoms with E-state index >= 15 is 0 Å². The summed E-state index contributed by atoms with van der Waals surface area (Å²) in [5.74, 6) is 0.557. The van der Waals surface area contributed by atoms with E-state index in [4.69, 9.17) is 4.74 Å². The van der Waals surface area contributed by atoms with E-state index in [2.05, 4.69) is 45.9 Å². The summed E-state index contributed by atoms with van der Waals surface area (Å²) in [7, 11) is 1.69. The highest BCUT2D eigenvalue weighted by Crippen LogP contribution is 2.41. The maximum atomic E-state index is 4.99. The van der Waals surface area contributed by atoms with Gasteiger partial charge in [-0.3, -0.25) is 0 Å². The Morgan fingerprint density at radius 2 is 2.19 bits per heavy atom. The lowest BCUT2D eigenvalue weighted by Gasteiger charge is -2.36.